The summed E-state index contributed by atoms with van der Waals surface area (Å²) in [5.74, 6) is 0.588. The fraction of sp³-hybridized carbons (Fsp3) is 0.684. The third kappa shape index (κ3) is 4.55. The van der Waals surface area contributed by atoms with Gasteiger partial charge in [0.05, 0.1) is 0 Å². The lowest BCUT2D eigenvalue weighted by atomic mass is 9.98. The molecule has 118 valence electrons. The Morgan fingerprint density at radius 3 is 2.38 bits per heavy atom. The average Bonchev–Trinajstić information content (AvgIpc) is 2.72. The summed E-state index contributed by atoms with van der Waals surface area (Å²) in [7, 11) is 0. The lowest BCUT2D eigenvalue weighted by molar-refractivity contribution is 0.183. The summed E-state index contributed by atoms with van der Waals surface area (Å²) in [6.07, 6.45) is 6.68. The van der Waals surface area contributed by atoms with Gasteiger partial charge in [-0.15, -0.1) is 0 Å². The molecule has 1 aromatic rings. The molecule has 2 nitrogen and oxygen atoms in total. The number of benzene rings is 1. The van der Waals surface area contributed by atoms with Crippen LogP contribution in [0.4, 0.5) is 0 Å². The minimum absolute atomic E-state index is 0.137. The van der Waals surface area contributed by atoms with Crippen molar-refractivity contribution in [1.29, 1.82) is 0 Å². The molecule has 2 atom stereocenters. The van der Waals surface area contributed by atoms with E-state index in [1.165, 1.54) is 49.8 Å². The Hall–Kier alpha value is -0.860. The van der Waals surface area contributed by atoms with Gasteiger partial charge in [-0.25, -0.2) is 0 Å². The molecular formula is C19H32N2. The Morgan fingerprint density at radius 1 is 1.10 bits per heavy atom. The molecule has 0 radical (unpaired) electrons. The predicted molar refractivity (Wildman–Crippen MR) is 91.6 cm³/mol. The van der Waals surface area contributed by atoms with Gasteiger partial charge in [0.1, 0.15) is 0 Å². The summed E-state index contributed by atoms with van der Waals surface area (Å²) in [6, 6.07) is 9.78. The van der Waals surface area contributed by atoms with E-state index in [9.17, 15) is 0 Å². The first-order chi connectivity index (χ1) is 10.1. The van der Waals surface area contributed by atoms with Crippen LogP contribution in [0.3, 0.4) is 0 Å². The van der Waals surface area contributed by atoms with E-state index in [4.69, 9.17) is 5.73 Å². The van der Waals surface area contributed by atoms with Crippen LogP contribution in [-0.2, 0) is 0 Å². The van der Waals surface area contributed by atoms with Gasteiger partial charge in [0.2, 0.25) is 0 Å². The second-order valence-corrected chi connectivity index (χ2v) is 6.83. The van der Waals surface area contributed by atoms with Gasteiger partial charge in [-0.2, -0.15) is 0 Å². The zero-order valence-corrected chi connectivity index (χ0v) is 14.0. The van der Waals surface area contributed by atoms with Crippen molar-refractivity contribution in [2.45, 2.75) is 70.9 Å². The maximum Gasteiger partial charge on any atom is 0.0424 e. The highest BCUT2D eigenvalue weighted by atomic mass is 15.2. The smallest absolute Gasteiger partial charge is 0.0424 e. The molecule has 1 fully saturated rings. The van der Waals surface area contributed by atoms with Crippen molar-refractivity contribution < 1.29 is 0 Å². The molecule has 1 aromatic carbocycles. The number of hydrogen-bond donors (Lipinski definition) is 1. The molecule has 0 aliphatic carbocycles. The van der Waals surface area contributed by atoms with Crippen LogP contribution in [0.1, 0.15) is 76.0 Å². The zero-order valence-electron chi connectivity index (χ0n) is 14.0. The third-order valence-corrected chi connectivity index (χ3v) is 4.93. The van der Waals surface area contributed by atoms with Gasteiger partial charge in [0.25, 0.3) is 0 Å². The second-order valence-electron chi connectivity index (χ2n) is 6.83. The Labute approximate surface area is 130 Å². The molecule has 2 rings (SSSR count). The quantitative estimate of drug-likeness (QED) is 0.866. The van der Waals surface area contributed by atoms with Crippen LogP contribution in [0.5, 0.6) is 0 Å². The normalized spacial score (nSPS) is 22.2. The average molecular weight is 288 g/mol. The largest absolute Gasteiger partial charge is 0.323 e. The SMILES string of the molecule is CCC1CCCCCN1CC(N)c1ccc(C(C)C)cc1. The van der Waals surface area contributed by atoms with Crippen LogP contribution in [0, 0.1) is 0 Å². The standard InChI is InChI=1S/C19H32N2/c1-4-18-8-6-5-7-13-21(18)14-19(20)17-11-9-16(10-12-17)15(2)3/h9-12,15,18-19H,4-8,13-14,20H2,1-3H3. The fourth-order valence-electron chi connectivity index (χ4n) is 3.43. The molecule has 1 saturated heterocycles. The number of nitrogens with two attached hydrogens (primary N) is 1. The predicted octanol–water partition coefficient (Wildman–Crippen LogP) is 4.46. The maximum absolute atomic E-state index is 6.48. The molecule has 2 N–H and O–H groups in total. The van der Waals surface area contributed by atoms with Crippen LogP contribution in [0.15, 0.2) is 24.3 Å². The lowest BCUT2D eigenvalue weighted by Crippen LogP contribution is -2.39. The number of hydrogen-bond acceptors (Lipinski definition) is 2. The Morgan fingerprint density at radius 2 is 1.76 bits per heavy atom. The highest BCUT2D eigenvalue weighted by molar-refractivity contribution is 5.26. The minimum atomic E-state index is 0.137. The van der Waals surface area contributed by atoms with E-state index in [0.29, 0.717) is 5.92 Å². The topological polar surface area (TPSA) is 29.3 Å². The summed E-state index contributed by atoms with van der Waals surface area (Å²) in [4.78, 5) is 2.63. The van der Waals surface area contributed by atoms with Crippen molar-refractivity contribution >= 4 is 0 Å². The summed E-state index contributed by atoms with van der Waals surface area (Å²) < 4.78 is 0. The Balaban J connectivity index is 2.00. The van der Waals surface area contributed by atoms with E-state index in [-0.39, 0.29) is 6.04 Å². The van der Waals surface area contributed by atoms with Crippen molar-refractivity contribution in [2.75, 3.05) is 13.1 Å². The number of rotatable bonds is 5. The van der Waals surface area contributed by atoms with Crippen LogP contribution in [-0.4, -0.2) is 24.0 Å². The molecule has 2 unspecified atom stereocenters. The van der Waals surface area contributed by atoms with Gasteiger partial charge >= 0.3 is 0 Å². The first-order valence-corrected chi connectivity index (χ1v) is 8.71. The van der Waals surface area contributed by atoms with E-state index in [2.05, 4.69) is 49.9 Å². The van der Waals surface area contributed by atoms with Gasteiger partial charge in [-0.3, -0.25) is 4.90 Å². The summed E-state index contributed by atoms with van der Waals surface area (Å²) >= 11 is 0. The van der Waals surface area contributed by atoms with Crippen LogP contribution < -0.4 is 5.73 Å². The van der Waals surface area contributed by atoms with E-state index < -0.39 is 0 Å². The van der Waals surface area contributed by atoms with Crippen LogP contribution in [0.2, 0.25) is 0 Å². The van der Waals surface area contributed by atoms with Crippen molar-refractivity contribution in [3.05, 3.63) is 35.4 Å². The van der Waals surface area contributed by atoms with E-state index in [1.54, 1.807) is 0 Å². The van der Waals surface area contributed by atoms with E-state index in [1.807, 2.05) is 0 Å². The summed E-state index contributed by atoms with van der Waals surface area (Å²) in [5, 5.41) is 0. The molecule has 0 bridgehead atoms. The maximum atomic E-state index is 6.48. The minimum Gasteiger partial charge on any atom is -0.323 e. The van der Waals surface area contributed by atoms with Crippen LogP contribution >= 0.6 is 0 Å². The molecule has 0 amide bonds. The monoisotopic (exact) mass is 288 g/mol. The molecule has 1 aliphatic rings. The van der Waals surface area contributed by atoms with Crippen molar-refractivity contribution in [3.63, 3.8) is 0 Å². The molecule has 2 heteroatoms. The van der Waals surface area contributed by atoms with Crippen molar-refractivity contribution in [2.24, 2.45) is 5.73 Å². The van der Waals surface area contributed by atoms with Gasteiger partial charge < -0.3 is 5.73 Å². The van der Waals surface area contributed by atoms with Crippen molar-refractivity contribution in [1.82, 2.24) is 4.90 Å². The summed E-state index contributed by atoms with van der Waals surface area (Å²) in [6.45, 7) is 9.00. The lowest BCUT2D eigenvalue weighted by Gasteiger charge is -2.31. The Kier molecular flexibility index (Phi) is 6.25. The summed E-state index contributed by atoms with van der Waals surface area (Å²) in [5.41, 5.74) is 9.15. The molecule has 1 aliphatic heterocycles. The first kappa shape index (κ1) is 16.5. The molecule has 0 saturated carbocycles. The van der Waals surface area contributed by atoms with E-state index in [0.717, 1.165) is 12.6 Å². The van der Waals surface area contributed by atoms with Gasteiger partial charge in [0.15, 0.2) is 0 Å². The molecule has 0 aromatic heterocycles. The zero-order chi connectivity index (χ0) is 15.2. The first-order valence-electron chi connectivity index (χ1n) is 8.71. The number of nitrogens with zero attached hydrogens (tertiary/aromatic N) is 1. The second kappa shape index (κ2) is 7.95. The third-order valence-electron chi connectivity index (χ3n) is 4.93. The fourth-order valence-corrected chi connectivity index (χ4v) is 3.43. The van der Waals surface area contributed by atoms with Crippen LogP contribution in [0.25, 0.3) is 0 Å². The van der Waals surface area contributed by atoms with Gasteiger partial charge in [-0.1, -0.05) is 57.9 Å². The highest BCUT2D eigenvalue weighted by Crippen LogP contribution is 2.23. The molecule has 1 heterocycles. The molecular weight excluding hydrogens is 256 g/mol. The Bertz CT molecular complexity index is 410. The highest BCUT2D eigenvalue weighted by Gasteiger charge is 2.21. The molecule has 0 spiro atoms. The van der Waals surface area contributed by atoms with E-state index >= 15 is 0 Å². The number of likely N-dealkylation sites (tertiary alicyclic amines) is 1. The molecule has 21 heavy (non-hydrogen) atoms. The van der Waals surface area contributed by atoms with Gasteiger partial charge in [0, 0.05) is 18.6 Å². The van der Waals surface area contributed by atoms with Gasteiger partial charge in [-0.05, 0) is 42.9 Å². The van der Waals surface area contributed by atoms with Crippen molar-refractivity contribution in [3.8, 4) is 0 Å².